The molecule has 0 radical (unpaired) electrons. The van der Waals surface area contributed by atoms with Crippen LogP contribution in [0.1, 0.15) is 51.9 Å². The van der Waals surface area contributed by atoms with Gasteiger partial charge in [-0.05, 0) is 59.0 Å². The number of aliphatic imine (C=N–C) groups is 1. The molecule has 6 nitrogen and oxygen atoms in total. The molecule has 2 N–H and O–H groups in total. The second-order valence-electron chi connectivity index (χ2n) is 7.91. The zero-order valence-corrected chi connectivity index (χ0v) is 20.1. The number of halogens is 1. The second-order valence-corrected chi connectivity index (χ2v) is 7.91. The minimum atomic E-state index is 0. The van der Waals surface area contributed by atoms with Gasteiger partial charge in [0, 0.05) is 45.5 Å². The van der Waals surface area contributed by atoms with Gasteiger partial charge in [0.15, 0.2) is 5.96 Å². The molecule has 1 heterocycles. The fraction of sp³-hybridized carbons (Fsp3) is 0.950. The molecule has 1 atom stereocenters. The van der Waals surface area contributed by atoms with Crippen molar-refractivity contribution in [2.75, 3.05) is 54.1 Å². The lowest BCUT2D eigenvalue weighted by atomic mass is 9.88. The molecule has 0 aromatic heterocycles. The molecular formula is C20H41IN4O2. The highest BCUT2D eigenvalue weighted by Crippen LogP contribution is 2.30. The number of nitrogens with zero attached hydrogens (tertiary/aromatic N) is 2. The van der Waals surface area contributed by atoms with Crippen LogP contribution in [0.4, 0.5) is 0 Å². The Morgan fingerprint density at radius 2 is 1.89 bits per heavy atom. The highest BCUT2D eigenvalue weighted by atomic mass is 127. The first-order valence-electron chi connectivity index (χ1n) is 10.4. The van der Waals surface area contributed by atoms with Gasteiger partial charge < -0.3 is 25.0 Å². The lowest BCUT2D eigenvalue weighted by Crippen LogP contribution is -2.57. The predicted octanol–water partition coefficient (Wildman–Crippen LogP) is 2.87. The summed E-state index contributed by atoms with van der Waals surface area (Å²) in [5.41, 5.74) is 0.146. The van der Waals surface area contributed by atoms with Crippen LogP contribution >= 0.6 is 24.0 Å². The molecular weight excluding hydrogens is 455 g/mol. The van der Waals surface area contributed by atoms with Crippen LogP contribution in [0.15, 0.2) is 4.99 Å². The van der Waals surface area contributed by atoms with E-state index in [2.05, 4.69) is 41.5 Å². The van der Waals surface area contributed by atoms with Crippen molar-refractivity contribution in [2.45, 2.75) is 63.5 Å². The van der Waals surface area contributed by atoms with Crippen LogP contribution in [0.2, 0.25) is 0 Å². The molecule has 0 aromatic rings. The Balaban J connectivity index is 0.00000364. The zero-order chi connectivity index (χ0) is 18.8. The van der Waals surface area contributed by atoms with E-state index in [9.17, 15) is 0 Å². The number of hydrogen-bond donors (Lipinski definition) is 2. The smallest absolute Gasteiger partial charge is 0.191 e. The lowest BCUT2D eigenvalue weighted by Gasteiger charge is -2.43. The summed E-state index contributed by atoms with van der Waals surface area (Å²) in [5, 5.41) is 7.02. The second kappa shape index (κ2) is 13.2. The van der Waals surface area contributed by atoms with E-state index < -0.39 is 0 Å². The molecule has 0 amide bonds. The minimum absolute atomic E-state index is 0. The van der Waals surface area contributed by atoms with Crippen molar-refractivity contribution in [3.63, 3.8) is 0 Å². The van der Waals surface area contributed by atoms with Gasteiger partial charge in [0.1, 0.15) is 0 Å². The number of likely N-dealkylation sites (N-methyl/N-ethyl adjacent to an activating group) is 1. The van der Waals surface area contributed by atoms with Crippen LogP contribution < -0.4 is 10.6 Å². The number of rotatable bonds is 9. The van der Waals surface area contributed by atoms with Crippen LogP contribution in [-0.2, 0) is 9.47 Å². The molecule has 7 heteroatoms. The molecule has 1 saturated carbocycles. The summed E-state index contributed by atoms with van der Waals surface area (Å²) >= 11 is 0. The van der Waals surface area contributed by atoms with Gasteiger partial charge in [0.2, 0.25) is 0 Å². The first-order valence-corrected chi connectivity index (χ1v) is 10.4. The maximum absolute atomic E-state index is 6.02. The van der Waals surface area contributed by atoms with Crippen molar-refractivity contribution in [3.8, 4) is 0 Å². The molecule has 0 spiro atoms. The van der Waals surface area contributed by atoms with Gasteiger partial charge in [-0.2, -0.15) is 0 Å². The van der Waals surface area contributed by atoms with Crippen molar-refractivity contribution in [1.29, 1.82) is 0 Å². The van der Waals surface area contributed by atoms with Gasteiger partial charge >= 0.3 is 0 Å². The summed E-state index contributed by atoms with van der Waals surface area (Å²) in [7, 11) is 6.17. The van der Waals surface area contributed by atoms with E-state index in [4.69, 9.17) is 9.47 Å². The predicted molar refractivity (Wildman–Crippen MR) is 123 cm³/mol. The van der Waals surface area contributed by atoms with Gasteiger partial charge in [-0.25, -0.2) is 0 Å². The highest BCUT2D eigenvalue weighted by molar-refractivity contribution is 14.0. The molecule has 0 bridgehead atoms. The van der Waals surface area contributed by atoms with E-state index in [0.29, 0.717) is 6.10 Å². The zero-order valence-electron chi connectivity index (χ0n) is 17.8. The number of ether oxygens (including phenoxy) is 2. The fourth-order valence-corrected chi connectivity index (χ4v) is 4.33. The van der Waals surface area contributed by atoms with Crippen molar-refractivity contribution in [3.05, 3.63) is 0 Å². The first kappa shape index (κ1) is 24.9. The normalized spacial score (nSPS) is 21.7. The third-order valence-corrected chi connectivity index (χ3v) is 6.21. The molecule has 1 saturated heterocycles. The summed E-state index contributed by atoms with van der Waals surface area (Å²) < 4.78 is 11.6. The fourth-order valence-electron chi connectivity index (χ4n) is 4.33. The highest BCUT2D eigenvalue weighted by Gasteiger charge is 2.34. The monoisotopic (exact) mass is 496 g/mol. The molecule has 2 aliphatic rings. The first-order chi connectivity index (χ1) is 12.6. The van der Waals surface area contributed by atoms with Crippen molar-refractivity contribution in [1.82, 2.24) is 15.5 Å². The van der Waals surface area contributed by atoms with E-state index in [1.165, 1.54) is 25.7 Å². The molecule has 2 fully saturated rings. The quantitative estimate of drug-likeness (QED) is 0.292. The van der Waals surface area contributed by atoms with Crippen LogP contribution in [0.3, 0.4) is 0 Å². The van der Waals surface area contributed by atoms with E-state index >= 15 is 0 Å². The number of guanidine groups is 1. The Labute approximate surface area is 183 Å². The van der Waals surface area contributed by atoms with Gasteiger partial charge in [-0.3, -0.25) is 4.99 Å². The van der Waals surface area contributed by atoms with Crippen molar-refractivity contribution < 1.29 is 9.47 Å². The van der Waals surface area contributed by atoms with E-state index in [0.717, 1.165) is 64.1 Å². The maximum atomic E-state index is 6.02. The van der Waals surface area contributed by atoms with Crippen LogP contribution in [-0.4, -0.2) is 76.6 Å². The molecule has 1 aliphatic carbocycles. The Bertz CT molecular complexity index is 422. The molecule has 0 aromatic carbocycles. The summed E-state index contributed by atoms with van der Waals surface area (Å²) in [6.45, 7) is 6.37. The van der Waals surface area contributed by atoms with E-state index in [1.54, 1.807) is 0 Å². The van der Waals surface area contributed by atoms with Crippen LogP contribution in [0.25, 0.3) is 0 Å². The minimum Gasteiger partial charge on any atom is -0.381 e. The average molecular weight is 496 g/mol. The summed E-state index contributed by atoms with van der Waals surface area (Å²) in [4.78, 5) is 6.74. The lowest BCUT2D eigenvalue weighted by molar-refractivity contribution is -0.00505. The van der Waals surface area contributed by atoms with Crippen LogP contribution in [0, 0.1) is 5.92 Å². The van der Waals surface area contributed by atoms with Crippen LogP contribution in [0.5, 0.6) is 0 Å². The maximum Gasteiger partial charge on any atom is 0.191 e. The average Bonchev–Trinajstić information content (AvgIpc) is 3.19. The van der Waals surface area contributed by atoms with Crippen molar-refractivity contribution in [2.24, 2.45) is 10.9 Å². The van der Waals surface area contributed by atoms with E-state index in [1.807, 2.05) is 7.05 Å². The molecule has 1 unspecified atom stereocenters. The van der Waals surface area contributed by atoms with Crippen molar-refractivity contribution >= 4 is 29.9 Å². The standard InChI is InChI=1S/C20H40N4O2.HI/c1-5-26-18(17-8-6-7-9-17)10-13-22-19(21-2)23-16-20(24(3)4)11-14-25-15-12-20;/h17-18H,5-16H2,1-4H3,(H2,21,22,23);1H. The molecule has 160 valence electrons. The van der Waals surface area contributed by atoms with Gasteiger partial charge in [-0.1, -0.05) is 12.8 Å². The third-order valence-electron chi connectivity index (χ3n) is 6.21. The molecule has 2 rings (SSSR count). The summed E-state index contributed by atoms with van der Waals surface area (Å²) in [5.74, 6) is 1.63. The number of hydrogen-bond acceptors (Lipinski definition) is 4. The third kappa shape index (κ3) is 7.66. The Kier molecular flexibility index (Phi) is 12.2. The number of nitrogens with one attached hydrogen (secondary N) is 2. The Hall–Kier alpha value is -0.120. The SMILES string of the molecule is CCOC(CCNC(=NC)NCC1(N(C)C)CCOCC1)C1CCCC1.I. The van der Waals surface area contributed by atoms with Gasteiger partial charge in [-0.15, -0.1) is 24.0 Å². The summed E-state index contributed by atoms with van der Waals surface area (Å²) in [6.07, 6.45) is 8.91. The Morgan fingerprint density at radius 1 is 1.22 bits per heavy atom. The van der Waals surface area contributed by atoms with Gasteiger partial charge in [0.05, 0.1) is 6.10 Å². The molecule has 1 aliphatic heterocycles. The Morgan fingerprint density at radius 3 is 2.44 bits per heavy atom. The topological polar surface area (TPSA) is 58.1 Å². The molecule has 27 heavy (non-hydrogen) atoms. The summed E-state index contributed by atoms with van der Waals surface area (Å²) in [6, 6.07) is 0. The van der Waals surface area contributed by atoms with E-state index in [-0.39, 0.29) is 29.5 Å². The largest absolute Gasteiger partial charge is 0.381 e. The van der Waals surface area contributed by atoms with Gasteiger partial charge in [0.25, 0.3) is 0 Å².